The Balaban J connectivity index is 2.83. The van der Waals surface area contributed by atoms with Crippen molar-refractivity contribution in [3.05, 3.63) is 29.3 Å². The highest BCUT2D eigenvalue weighted by atomic mass is 16.4. The summed E-state index contributed by atoms with van der Waals surface area (Å²) in [5, 5.41) is 8.97. The number of anilines is 1. The van der Waals surface area contributed by atoms with E-state index in [0.717, 1.165) is 31.2 Å². The van der Waals surface area contributed by atoms with E-state index in [1.165, 1.54) is 6.07 Å². The zero-order valence-corrected chi connectivity index (χ0v) is 10.1. The van der Waals surface area contributed by atoms with Crippen molar-refractivity contribution in [1.82, 2.24) is 0 Å². The topological polar surface area (TPSA) is 89.3 Å². The van der Waals surface area contributed by atoms with Gasteiger partial charge in [-0.1, -0.05) is 38.3 Å². The number of rotatable bonds is 6. The predicted octanol–water partition coefficient (Wildman–Crippen LogP) is 2.55. The Morgan fingerprint density at radius 3 is 2.71 bits per heavy atom. The minimum absolute atomic E-state index is 0.133. The van der Waals surface area contributed by atoms with Crippen LogP contribution in [0.5, 0.6) is 0 Å². The molecule has 0 amide bonds. The molecule has 5 N–H and O–H groups in total. The Bertz CT molecular complexity index is 391. The van der Waals surface area contributed by atoms with Crippen molar-refractivity contribution in [3.63, 3.8) is 0 Å². The van der Waals surface area contributed by atoms with Crippen LogP contribution in [0.15, 0.2) is 18.2 Å². The molecule has 0 saturated carbocycles. The predicted molar refractivity (Wildman–Crippen MR) is 68.9 cm³/mol. The monoisotopic (exact) mass is 236 g/mol. The molecule has 1 aromatic carbocycles. The molecule has 0 aliphatic heterocycles. The first-order valence-electron chi connectivity index (χ1n) is 5.95. The summed E-state index contributed by atoms with van der Waals surface area (Å²) in [6.07, 6.45) is 4.14. The van der Waals surface area contributed by atoms with Gasteiger partial charge in [0.05, 0.1) is 11.3 Å². The first-order chi connectivity index (χ1) is 8.07. The van der Waals surface area contributed by atoms with E-state index in [-0.39, 0.29) is 11.6 Å². The second-order valence-electron chi connectivity index (χ2n) is 4.22. The highest BCUT2D eigenvalue weighted by Gasteiger charge is 2.15. The van der Waals surface area contributed by atoms with Crippen LogP contribution in [0.3, 0.4) is 0 Å². The fourth-order valence-corrected chi connectivity index (χ4v) is 1.86. The Hall–Kier alpha value is -1.55. The third-order valence-electron chi connectivity index (χ3n) is 2.89. The van der Waals surface area contributed by atoms with Crippen molar-refractivity contribution in [2.75, 3.05) is 5.73 Å². The highest BCUT2D eigenvalue weighted by Crippen LogP contribution is 2.26. The van der Waals surface area contributed by atoms with E-state index in [4.69, 9.17) is 16.6 Å². The van der Waals surface area contributed by atoms with Crippen LogP contribution < -0.4 is 11.5 Å². The lowest BCUT2D eigenvalue weighted by Gasteiger charge is -2.15. The summed E-state index contributed by atoms with van der Waals surface area (Å²) in [7, 11) is 0. The number of benzene rings is 1. The molecule has 0 spiro atoms. The van der Waals surface area contributed by atoms with E-state index in [0.29, 0.717) is 5.69 Å². The molecule has 1 rings (SSSR count). The number of carbonyl (C=O) groups is 1. The van der Waals surface area contributed by atoms with Crippen molar-refractivity contribution in [2.45, 2.75) is 38.6 Å². The molecular formula is C13H20N2O2. The summed E-state index contributed by atoms with van der Waals surface area (Å²) in [6, 6.07) is 4.81. The lowest BCUT2D eigenvalue weighted by molar-refractivity contribution is 0.0698. The standard InChI is InChI=1S/C13H20N2O2/c1-2-3-4-8-11(14)9-6-5-7-10(12(9)15)13(16)17/h5-7,11H,2-4,8,14-15H2,1H3,(H,16,17). The van der Waals surface area contributed by atoms with E-state index >= 15 is 0 Å². The third-order valence-corrected chi connectivity index (χ3v) is 2.89. The molecule has 4 heteroatoms. The molecule has 0 aromatic heterocycles. The van der Waals surface area contributed by atoms with Crippen LogP contribution in [0.2, 0.25) is 0 Å². The molecule has 17 heavy (non-hydrogen) atoms. The molecule has 0 radical (unpaired) electrons. The second-order valence-corrected chi connectivity index (χ2v) is 4.22. The molecule has 0 heterocycles. The van der Waals surface area contributed by atoms with Gasteiger partial charge >= 0.3 is 5.97 Å². The third kappa shape index (κ3) is 3.46. The summed E-state index contributed by atoms with van der Waals surface area (Å²) in [5.74, 6) is -1.01. The van der Waals surface area contributed by atoms with Gasteiger partial charge in [-0.05, 0) is 18.1 Å². The van der Waals surface area contributed by atoms with Crippen molar-refractivity contribution in [1.29, 1.82) is 0 Å². The Kier molecular flexibility index (Phi) is 4.97. The quantitative estimate of drug-likeness (QED) is 0.523. The first kappa shape index (κ1) is 13.5. The van der Waals surface area contributed by atoms with Crippen LogP contribution in [-0.4, -0.2) is 11.1 Å². The molecule has 0 bridgehead atoms. The SMILES string of the molecule is CCCCCC(N)c1cccc(C(=O)O)c1N. The van der Waals surface area contributed by atoms with Gasteiger partial charge in [-0.25, -0.2) is 4.79 Å². The van der Waals surface area contributed by atoms with Gasteiger partial charge in [0.15, 0.2) is 0 Å². The van der Waals surface area contributed by atoms with Crippen molar-refractivity contribution >= 4 is 11.7 Å². The minimum atomic E-state index is -1.01. The molecule has 0 aliphatic carbocycles. The number of nitrogen functional groups attached to an aromatic ring is 1. The van der Waals surface area contributed by atoms with Gasteiger partial charge in [0.2, 0.25) is 0 Å². The highest BCUT2D eigenvalue weighted by molar-refractivity contribution is 5.94. The van der Waals surface area contributed by atoms with Crippen molar-refractivity contribution in [3.8, 4) is 0 Å². The average molecular weight is 236 g/mol. The van der Waals surface area contributed by atoms with Crippen molar-refractivity contribution < 1.29 is 9.90 Å². The Morgan fingerprint density at radius 2 is 2.12 bits per heavy atom. The lowest BCUT2D eigenvalue weighted by atomic mass is 9.97. The molecule has 0 saturated heterocycles. The number of hydrogen-bond acceptors (Lipinski definition) is 3. The Morgan fingerprint density at radius 1 is 1.41 bits per heavy atom. The zero-order chi connectivity index (χ0) is 12.8. The van der Waals surface area contributed by atoms with Gasteiger partial charge in [0.1, 0.15) is 0 Å². The maximum atomic E-state index is 10.9. The Labute approximate surface area is 102 Å². The maximum Gasteiger partial charge on any atom is 0.337 e. The minimum Gasteiger partial charge on any atom is -0.478 e. The van der Waals surface area contributed by atoms with Crippen LogP contribution in [-0.2, 0) is 0 Å². The summed E-state index contributed by atoms with van der Waals surface area (Å²) in [4.78, 5) is 10.9. The van der Waals surface area contributed by atoms with Crippen LogP contribution in [0, 0.1) is 0 Å². The number of carboxylic acid groups (broad SMARTS) is 1. The van der Waals surface area contributed by atoms with Crippen LogP contribution in [0.1, 0.15) is 54.6 Å². The number of hydrogen-bond donors (Lipinski definition) is 3. The molecule has 0 fully saturated rings. The van der Waals surface area contributed by atoms with Gasteiger partial charge in [-0.15, -0.1) is 0 Å². The summed E-state index contributed by atoms with van der Waals surface area (Å²) < 4.78 is 0. The number of nitrogens with two attached hydrogens (primary N) is 2. The second kappa shape index (κ2) is 6.25. The van der Waals surface area contributed by atoms with E-state index in [2.05, 4.69) is 6.92 Å². The van der Waals surface area contributed by atoms with Crippen molar-refractivity contribution in [2.24, 2.45) is 5.73 Å². The maximum absolute atomic E-state index is 10.9. The number of para-hydroxylation sites is 1. The molecule has 1 aromatic rings. The van der Waals surface area contributed by atoms with E-state index < -0.39 is 5.97 Å². The number of aromatic carboxylic acids is 1. The molecule has 1 unspecified atom stereocenters. The lowest BCUT2D eigenvalue weighted by Crippen LogP contribution is -2.14. The fraction of sp³-hybridized carbons (Fsp3) is 0.462. The van der Waals surface area contributed by atoms with Crippen LogP contribution in [0.25, 0.3) is 0 Å². The molecule has 4 nitrogen and oxygen atoms in total. The number of carboxylic acids is 1. The normalized spacial score (nSPS) is 12.4. The van der Waals surface area contributed by atoms with Gasteiger partial charge < -0.3 is 16.6 Å². The van der Waals surface area contributed by atoms with Crippen LogP contribution >= 0.6 is 0 Å². The molecule has 1 atom stereocenters. The summed E-state index contributed by atoms with van der Waals surface area (Å²) in [5.41, 5.74) is 13.0. The van der Waals surface area contributed by atoms with E-state index in [1.807, 2.05) is 0 Å². The molecular weight excluding hydrogens is 216 g/mol. The smallest absolute Gasteiger partial charge is 0.337 e. The van der Waals surface area contributed by atoms with E-state index in [9.17, 15) is 4.79 Å². The van der Waals surface area contributed by atoms with Gasteiger partial charge in [-0.2, -0.15) is 0 Å². The first-order valence-corrected chi connectivity index (χ1v) is 5.95. The van der Waals surface area contributed by atoms with Gasteiger partial charge in [-0.3, -0.25) is 0 Å². The zero-order valence-electron chi connectivity index (χ0n) is 10.1. The average Bonchev–Trinajstić information content (AvgIpc) is 2.29. The van der Waals surface area contributed by atoms with Crippen LogP contribution in [0.4, 0.5) is 5.69 Å². The van der Waals surface area contributed by atoms with E-state index in [1.54, 1.807) is 12.1 Å². The summed E-state index contributed by atoms with van der Waals surface area (Å²) >= 11 is 0. The summed E-state index contributed by atoms with van der Waals surface area (Å²) in [6.45, 7) is 2.13. The van der Waals surface area contributed by atoms with Gasteiger partial charge in [0.25, 0.3) is 0 Å². The largest absolute Gasteiger partial charge is 0.478 e. The number of unbranched alkanes of at least 4 members (excludes halogenated alkanes) is 2. The molecule has 0 aliphatic rings. The fourth-order valence-electron chi connectivity index (χ4n) is 1.86. The van der Waals surface area contributed by atoms with Gasteiger partial charge in [0, 0.05) is 6.04 Å². The molecule has 94 valence electrons.